The van der Waals surface area contributed by atoms with Crippen molar-refractivity contribution in [3.05, 3.63) is 72.0 Å². The highest BCUT2D eigenvalue weighted by Crippen LogP contribution is 2.24. The molecular formula is C21H21NO4S. The lowest BCUT2D eigenvalue weighted by atomic mass is 10.1. The van der Waals surface area contributed by atoms with E-state index in [1.807, 2.05) is 54.6 Å². The lowest BCUT2D eigenvalue weighted by Gasteiger charge is -2.27. The minimum absolute atomic E-state index is 0.0216. The molecule has 0 unspecified atom stereocenters. The molecule has 0 N–H and O–H groups in total. The van der Waals surface area contributed by atoms with Crippen LogP contribution >= 0.6 is 0 Å². The summed E-state index contributed by atoms with van der Waals surface area (Å²) in [6, 6.07) is 18.8. The molecule has 0 radical (unpaired) electrons. The Morgan fingerprint density at radius 1 is 1.07 bits per heavy atom. The normalized spacial score (nSPS) is 18.6. The molecule has 1 atom stereocenters. The zero-order valence-electron chi connectivity index (χ0n) is 14.9. The van der Waals surface area contributed by atoms with Crippen molar-refractivity contribution in [1.82, 2.24) is 4.90 Å². The number of fused-ring (bicyclic) bond motifs is 1. The lowest BCUT2D eigenvalue weighted by Crippen LogP contribution is -2.42. The predicted octanol–water partition coefficient (Wildman–Crippen LogP) is 3.30. The molecule has 2 heterocycles. The van der Waals surface area contributed by atoms with Crippen LogP contribution in [0.15, 0.2) is 65.1 Å². The molecule has 3 aromatic rings. The number of hydrogen-bond acceptors (Lipinski definition) is 4. The summed E-state index contributed by atoms with van der Waals surface area (Å²) < 4.78 is 29.7. The number of nitrogens with zero attached hydrogens (tertiary/aromatic N) is 1. The number of carbonyl (C=O) groups excluding carboxylic acids is 1. The highest BCUT2D eigenvalue weighted by atomic mass is 32.2. The van der Waals surface area contributed by atoms with Crippen molar-refractivity contribution in [2.75, 3.05) is 18.1 Å². The van der Waals surface area contributed by atoms with Gasteiger partial charge in [-0.2, -0.15) is 0 Å². The van der Waals surface area contributed by atoms with Gasteiger partial charge in [0, 0.05) is 18.0 Å². The Morgan fingerprint density at radius 2 is 1.81 bits per heavy atom. The maximum atomic E-state index is 13.2. The Labute approximate surface area is 158 Å². The average molecular weight is 383 g/mol. The third-order valence-electron chi connectivity index (χ3n) is 5.03. The molecule has 6 heteroatoms. The first-order chi connectivity index (χ1) is 13.0. The molecule has 0 saturated carbocycles. The molecule has 0 bridgehead atoms. The van der Waals surface area contributed by atoms with Gasteiger partial charge in [-0.25, -0.2) is 8.42 Å². The van der Waals surface area contributed by atoms with Gasteiger partial charge in [-0.3, -0.25) is 4.79 Å². The Morgan fingerprint density at radius 3 is 2.52 bits per heavy atom. The molecule has 4 rings (SSSR count). The number of sulfone groups is 1. The zero-order valence-corrected chi connectivity index (χ0v) is 15.7. The van der Waals surface area contributed by atoms with E-state index in [1.165, 1.54) is 0 Å². The summed E-state index contributed by atoms with van der Waals surface area (Å²) in [5.74, 6) is 0.165. The molecule has 1 fully saturated rings. The number of rotatable bonds is 5. The minimum atomic E-state index is -3.09. The molecule has 0 spiro atoms. The number of carbonyl (C=O) groups is 1. The first-order valence-electron chi connectivity index (χ1n) is 9.06. The first-order valence-corrected chi connectivity index (χ1v) is 10.9. The van der Waals surface area contributed by atoms with Crippen molar-refractivity contribution in [2.45, 2.75) is 18.9 Å². The average Bonchev–Trinajstić information content (AvgIpc) is 3.25. The Hall–Kier alpha value is -2.60. The van der Waals surface area contributed by atoms with Gasteiger partial charge in [-0.05, 0) is 30.5 Å². The molecule has 1 saturated heterocycles. The summed E-state index contributed by atoms with van der Waals surface area (Å²) in [6.45, 7) is 0.458. The molecule has 1 amide bonds. The van der Waals surface area contributed by atoms with Crippen LogP contribution in [0.4, 0.5) is 0 Å². The van der Waals surface area contributed by atoms with Crippen molar-refractivity contribution in [2.24, 2.45) is 0 Å². The third-order valence-corrected chi connectivity index (χ3v) is 6.78. The zero-order chi connectivity index (χ0) is 18.9. The van der Waals surface area contributed by atoms with E-state index in [4.69, 9.17) is 4.42 Å². The summed E-state index contributed by atoms with van der Waals surface area (Å²) in [5, 5.41) is 0.864. The Kier molecular flexibility index (Phi) is 4.74. The number of benzene rings is 2. The van der Waals surface area contributed by atoms with E-state index in [9.17, 15) is 13.2 Å². The second kappa shape index (κ2) is 7.19. The summed E-state index contributed by atoms with van der Waals surface area (Å²) in [6.07, 6.45) is 1.15. The standard InChI is InChI=1S/C21H21NO4S/c23-21(20-14-17-8-4-5-9-19(17)26-20)22(18-11-13-27(24,25)15-18)12-10-16-6-2-1-3-7-16/h1-9,14,18H,10-13,15H2/t18-/m1/s1. The quantitative estimate of drug-likeness (QED) is 0.678. The molecule has 1 aliphatic heterocycles. The predicted molar refractivity (Wildman–Crippen MR) is 104 cm³/mol. The van der Waals surface area contributed by atoms with E-state index in [0.29, 0.717) is 25.0 Å². The fourth-order valence-electron chi connectivity index (χ4n) is 3.59. The first kappa shape index (κ1) is 17.8. The maximum absolute atomic E-state index is 13.2. The smallest absolute Gasteiger partial charge is 0.289 e. The lowest BCUT2D eigenvalue weighted by molar-refractivity contribution is 0.0669. The molecule has 27 heavy (non-hydrogen) atoms. The largest absolute Gasteiger partial charge is 0.451 e. The highest BCUT2D eigenvalue weighted by Gasteiger charge is 2.35. The fraction of sp³-hybridized carbons (Fsp3) is 0.286. The van der Waals surface area contributed by atoms with E-state index in [-0.39, 0.29) is 29.2 Å². The molecular weight excluding hydrogens is 362 g/mol. The SMILES string of the molecule is O=C(c1cc2ccccc2o1)N(CCc1ccccc1)[C@@H]1CCS(=O)(=O)C1. The van der Waals surface area contributed by atoms with Gasteiger partial charge in [-0.15, -0.1) is 0 Å². The van der Waals surface area contributed by atoms with Gasteiger partial charge in [0.05, 0.1) is 11.5 Å². The minimum Gasteiger partial charge on any atom is -0.451 e. The van der Waals surface area contributed by atoms with Gasteiger partial charge < -0.3 is 9.32 Å². The van der Waals surface area contributed by atoms with Crippen LogP contribution in [0.25, 0.3) is 11.0 Å². The second-order valence-corrected chi connectivity index (χ2v) is 9.17. The van der Waals surface area contributed by atoms with Crippen LogP contribution in [-0.4, -0.2) is 43.3 Å². The van der Waals surface area contributed by atoms with Crippen LogP contribution in [-0.2, 0) is 16.3 Å². The van der Waals surface area contributed by atoms with Crippen LogP contribution in [0.3, 0.4) is 0 Å². The van der Waals surface area contributed by atoms with E-state index in [0.717, 1.165) is 10.9 Å². The van der Waals surface area contributed by atoms with Crippen LogP contribution in [0, 0.1) is 0 Å². The van der Waals surface area contributed by atoms with Crippen LogP contribution < -0.4 is 0 Å². The number of furan rings is 1. The van der Waals surface area contributed by atoms with E-state index in [2.05, 4.69) is 0 Å². The molecule has 5 nitrogen and oxygen atoms in total. The van der Waals surface area contributed by atoms with Crippen LogP contribution in [0.2, 0.25) is 0 Å². The van der Waals surface area contributed by atoms with Crippen LogP contribution in [0.1, 0.15) is 22.5 Å². The number of hydrogen-bond donors (Lipinski definition) is 0. The molecule has 140 valence electrons. The monoisotopic (exact) mass is 383 g/mol. The Bertz CT molecular complexity index is 1020. The third kappa shape index (κ3) is 3.90. The molecule has 2 aromatic carbocycles. The van der Waals surface area contributed by atoms with Gasteiger partial charge in [0.25, 0.3) is 5.91 Å². The van der Waals surface area contributed by atoms with Gasteiger partial charge in [0.1, 0.15) is 5.58 Å². The van der Waals surface area contributed by atoms with E-state index >= 15 is 0 Å². The van der Waals surface area contributed by atoms with Crippen molar-refractivity contribution in [3.63, 3.8) is 0 Å². The van der Waals surface area contributed by atoms with Gasteiger partial charge in [-0.1, -0.05) is 48.5 Å². The van der Waals surface area contributed by atoms with Crippen molar-refractivity contribution in [1.29, 1.82) is 0 Å². The topological polar surface area (TPSA) is 67.6 Å². The summed E-state index contributed by atoms with van der Waals surface area (Å²) >= 11 is 0. The van der Waals surface area contributed by atoms with Crippen LogP contribution in [0.5, 0.6) is 0 Å². The van der Waals surface area contributed by atoms with Crippen molar-refractivity contribution >= 4 is 26.7 Å². The maximum Gasteiger partial charge on any atom is 0.289 e. The molecule has 1 aliphatic rings. The molecule has 0 aliphatic carbocycles. The fourth-order valence-corrected chi connectivity index (χ4v) is 5.32. The van der Waals surface area contributed by atoms with Crippen molar-refractivity contribution < 1.29 is 17.6 Å². The second-order valence-electron chi connectivity index (χ2n) is 6.94. The van der Waals surface area contributed by atoms with Gasteiger partial charge in [0.15, 0.2) is 15.6 Å². The van der Waals surface area contributed by atoms with Gasteiger partial charge >= 0.3 is 0 Å². The number of amides is 1. The molecule has 1 aromatic heterocycles. The van der Waals surface area contributed by atoms with E-state index in [1.54, 1.807) is 11.0 Å². The highest BCUT2D eigenvalue weighted by molar-refractivity contribution is 7.91. The summed E-state index contributed by atoms with van der Waals surface area (Å²) in [4.78, 5) is 14.8. The van der Waals surface area contributed by atoms with Crippen molar-refractivity contribution in [3.8, 4) is 0 Å². The summed E-state index contributed by atoms with van der Waals surface area (Å²) in [7, 11) is -3.09. The van der Waals surface area contributed by atoms with Gasteiger partial charge in [0.2, 0.25) is 0 Å². The van der Waals surface area contributed by atoms with E-state index < -0.39 is 9.84 Å². The number of para-hydroxylation sites is 1. The Balaban J connectivity index is 1.60. The summed E-state index contributed by atoms with van der Waals surface area (Å²) in [5.41, 5.74) is 1.77.